The van der Waals surface area contributed by atoms with Crippen LogP contribution in [-0.2, 0) is 10.0 Å². The van der Waals surface area contributed by atoms with Gasteiger partial charge in [0.2, 0.25) is 10.0 Å². The molecule has 5 nitrogen and oxygen atoms in total. The van der Waals surface area contributed by atoms with Gasteiger partial charge in [0.25, 0.3) is 5.91 Å². The Morgan fingerprint density at radius 2 is 2.10 bits per heavy atom. The Balaban J connectivity index is 2.31. The molecule has 1 saturated carbocycles. The number of sulfonamides is 1. The molecule has 2 N–H and O–H groups in total. The lowest BCUT2D eigenvalue weighted by Crippen LogP contribution is -2.34. The van der Waals surface area contributed by atoms with E-state index in [2.05, 4.69) is 15.9 Å². The van der Waals surface area contributed by atoms with Crippen LogP contribution in [0.15, 0.2) is 27.6 Å². The highest BCUT2D eigenvalue weighted by atomic mass is 79.9. The second-order valence-corrected chi connectivity index (χ2v) is 7.80. The van der Waals surface area contributed by atoms with Gasteiger partial charge >= 0.3 is 0 Å². The standard InChI is InChI=1S/C14H19BrN2O3S/c1-2-7-17(9-10-3-4-10)14(18)12-8-11(21(16,19)20)5-6-13(12)15/h5-6,8,10H,2-4,7,9H2,1H3,(H2,16,19,20). The summed E-state index contributed by atoms with van der Waals surface area (Å²) in [4.78, 5) is 14.4. The Kier molecular flexibility index (Phi) is 5.06. The summed E-state index contributed by atoms with van der Waals surface area (Å²) in [5, 5.41) is 5.13. The number of carbonyl (C=O) groups excluding carboxylic acids is 1. The molecule has 1 aromatic rings. The number of primary sulfonamides is 1. The number of nitrogens with zero attached hydrogens (tertiary/aromatic N) is 1. The first-order valence-electron chi connectivity index (χ1n) is 6.94. The molecule has 1 fully saturated rings. The van der Waals surface area contributed by atoms with Crippen molar-refractivity contribution in [1.82, 2.24) is 4.90 Å². The van der Waals surface area contributed by atoms with Crippen LogP contribution in [0.3, 0.4) is 0 Å². The van der Waals surface area contributed by atoms with Gasteiger partial charge in [-0.15, -0.1) is 0 Å². The molecule has 1 aliphatic rings. The Hall–Kier alpha value is -0.920. The molecule has 0 unspecified atom stereocenters. The van der Waals surface area contributed by atoms with Crippen LogP contribution in [0.25, 0.3) is 0 Å². The number of rotatable bonds is 6. The van der Waals surface area contributed by atoms with Gasteiger partial charge in [-0.2, -0.15) is 0 Å². The summed E-state index contributed by atoms with van der Waals surface area (Å²) in [6, 6.07) is 4.28. The molecule has 0 atom stereocenters. The van der Waals surface area contributed by atoms with Crippen LogP contribution < -0.4 is 5.14 Å². The van der Waals surface area contributed by atoms with E-state index in [0.29, 0.717) is 22.5 Å². The highest BCUT2D eigenvalue weighted by molar-refractivity contribution is 9.10. The molecule has 0 radical (unpaired) electrons. The zero-order valence-electron chi connectivity index (χ0n) is 11.9. The van der Waals surface area contributed by atoms with E-state index in [9.17, 15) is 13.2 Å². The number of carbonyl (C=O) groups is 1. The molecular formula is C14H19BrN2O3S. The van der Waals surface area contributed by atoms with Crippen LogP contribution in [-0.4, -0.2) is 32.3 Å². The van der Waals surface area contributed by atoms with E-state index in [-0.39, 0.29) is 10.8 Å². The van der Waals surface area contributed by atoms with Crippen molar-refractivity contribution in [2.75, 3.05) is 13.1 Å². The van der Waals surface area contributed by atoms with Crippen molar-refractivity contribution < 1.29 is 13.2 Å². The maximum Gasteiger partial charge on any atom is 0.255 e. The smallest absolute Gasteiger partial charge is 0.255 e. The van der Waals surface area contributed by atoms with Crippen LogP contribution in [0.2, 0.25) is 0 Å². The van der Waals surface area contributed by atoms with Crippen molar-refractivity contribution in [3.8, 4) is 0 Å². The van der Waals surface area contributed by atoms with Crippen molar-refractivity contribution in [3.05, 3.63) is 28.2 Å². The number of amides is 1. The summed E-state index contributed by atoms with van der Waals surface area (Å²) < 4.78 is 23.5. The average molecular weight is 375 g/mol. The fourth-order valence-corrected chi connectivity index (χ4v) is 3.13. The fraction of sp³-hybridized carbons (Fsp3) is 0.500. The van der Waals surface area contributed by atoms with Gasteiger partial charge in [-0.05, 0) is 59.3 Å². The first-order chi connectivity index (χ1) is 9.82. The summed E-state index contributed by atoms with van der Waals surface area (Å²) in [5.74, 6) is 0.432. The van der Waals surface area contributed by atoms with E-state index < -0.39 is 10.0 Å². The summed E-state index contributed by atoms with van der Waals surface area (Å²) in [5.41, 5.74) is 0.343. The molecule has 0 heterocycles. The van der Waals surface area contributed by atoms with Crippen LogP contribution in [0.5, 0.6) is 0 Å². The predicted molar refractivity (Wildman–Crippen MR) is 84.4 cm³/mol. The van der Waals surface area contributed by atoms with Gasteiger partial charge in [0.15, 0.2) is 0 Å². The van der Waals surface area contributed by atoms with Gasteiger partial charge in [-0.25, -0.2) is 13.6 Å². The first-order valence-corrected chi connectivity index (χ1v) is 9.28. The third-order valence-corrected chi connectivity index (χ3v) is 5.06. The zero-order chi connectivity index (χ0) is 15.6. The van der Waals surface area contributed by atoms with E-state index in [1.165, 1.54) is 12.1 Å². The first kappa shape index (κ1) is 16.5. The number of hydrogen-bond acceptors (Lipinski definition) is 3. The molecule has 1 amide bonds. The lowest BCUT2D eigenvalue weighted by Gasteiger charge is -2.23. The summed E-state index contributed by atoms with van der Waals surface area (Å²) in [6.07, 6.45) is 3.18. The lowest BCUT2D eigenvalue weighted by atomic mass is 10.2. The van der Waals surface area contributed by atoms with Crippen molar-refractivity contribution in [2.24, 2.45) is 11.1 Å². The van der Waals surface area contributed by atoms with E-state index in [1.807, 2.05) is 6.92 Å². The minimum atomic E-state index is -3.82. The van der Waals surface area contributed by atoms with Crippen LogP contribution in [0.4, 0.5) is 0 Å². The summed E-state index contributed by atoms with van der Waals surface area (Å²) >= 11 is 3.32. The Bertz CT molecular complexity index is 642. The fourth-order valence-electron chi connectivity index (χ4n) is 2.17. The maximum absolute atomic E-state index is 12.7. The molecule has 0 aliphatic heterocycles. The number of benzene rings is 1. The van der Waals surface area contributed by atoms with Crippen molar-refractivity contribution in [2.45, 2.75) is 31.1 Å². The van der Waals surface area contributed by atoms with Crippen LogP contribution in [0, 0.1) is 5.92 Å². The topological polar surface area (TPSA) is 80.5 Å². The number of hydrogen-bond donors (Lipinski definition) is 1. The third kappa shape index (κ3) is 4.28. The lowest BCUT2D eigenvalue weighted by molar-refractivity contribution is 0.0746. The van der Waals surface area contributed by atoms with Gasteiger partial charge in [-0.1, -0.05) is 6.92 Å². The number of halogens is 1. The normalized spacial score (nSPS) is 15.0. The molecule has 0 aromatic heterocycles. The zero-order valence-corrected chi connectivity index (χ0v) is 14.3. The van der Waals surface area contributed by atoms with Crippen LogP contribution >= 0.6 is 15.9 Å². The average Bonchev–Trinajstić information content (AvgIpc) is 3.20. The van der Waals surface area contributed by atoms with Gasteiger partial charge in [0.1, 0.15) is 0 Å². The Morgan fingerprint density at radius 3 is 2.62 bits per heavy atom. The second-order valence-electron chi connectivity index (χ2n) is 5.38. The SMILES string of the molecule is CCCN(CC1CC1)C(=O)c1cc(S(N)(=O)=O)ccc1Br. The van der Waals surface area contributed by atoms with Crippen molar-refractivity contribution >= 4 is 31.9 Å². The number of nitrogens with two attached hydrogens (primary N) is 1. The quantitative estimate of drug-likeness (QED) is 0.829. The monoisotopic (exact) mass is 374 g/mol. The second kappa shape index (κ2) is 6.46. The molecule has 1 aromatic carbocycles. The van der Waals surface area contributed by atoms with Gasteiger partial charge in [-0.3, -0.25) is 4.79 Å². The van der Waals surface area contributed by atoms with Crippen molar-refractivity contribution in [1.29, 1.82) is 0 Å². The molecular weight excluding hydrogens is 356 g/mol. The Labute approximate surface area is 133 Å². The predicted octanol–water partition coefficient (Wildman–Crippen LogP) is 2.36. The van der Waals surface area contributed by atoms with E-state index >= 15 is 0 Å². The van der Waals surface area contributed by atoms with E-state index in [0.717, 1.165) is 25.8 Å². The highest BCUT2D eigenvalue weighted by Crippen LogP contribution is 2.31. The minimum absolute atomic E-state index is 0.0445. The summed E-state index contributed by atoms with van der Waals surface area (Å²) in [7, 11) is -3.82. The molecule has 0 saturated heterocycles. The Morgan fingerprint density at radius 1 is 1.43 bits per heavy atom. The van der Waals surface area contributed by atoms with Gasteiger partial charge in [0.05, 0.1) is 10.5 Å². The van der Waals surface area contributed by atoms with E-state index in [1.54, 1.807) is 11.0 Å². The van der Waals surface area contributed by atoms with E-state index in [4.69, 9.17) is 5.14 Å². The molecule has 21 heavy (non-hydrogen) atoms. The maximum atomic E-state index is 12.7. The molecule has 0 spiro atoms. The molecule has 2 rings (SSSR count). The molecule has 0 bridgehead atoms. The van der Waals surface area contributed by atoms with Crippen LogP contribution in [0.1, 0.15) is 36.5 Å². The highest BCUT2D eigenvalue weighted by Gasteiger charge is 2.28. The third-order valence-electron chi connectivity index (χ3n) is 3.45. The van der Waals surface area contributed by atoms with Gasteiger partial charge in [0, 0.05) is 17.6 Å². The minimum Gasteiger partial charge on any atom is -0.338 e. The van der Waals surface area contributed by atoms with Crippen molar-refractivity contribution in [3.63, 3.8) is 0 Å². The molecule has 116 valence electrons. The van der Waals surface area contributed by atoms with Gasteiger partial charge < -0.3 is 4.90 Å². The largest absolute Gasteiger partial charge is 0.338 e. The summed E-state index contributed by atoms with van der Waals surface area (Å²) in [6.45, 7) is 3.42. The molecule has 7 heteroatoms. The molecule has 1 aliphatic carbocycles.